The van der Waals surface area contributed by atoms with Crippen LogP contribution in [-0.2, 0) is 0 Å². The van der Waals surface area contributed by atoms with Gasteiger partial charge in [-0.05, 0) is 36.8 Å². The zero-order valence-electron chi connectivity index (χ0n) is 15.2. The van der Waals surface area contributed by atoms with E-state index in [1.54, 1.807) is 0 Å². The Morgan fingerprint density at radius 2 is 2.00 bits per heavy atom. The summed E-state index contributed by atoms with van der Waals surface area (Å²) in [5.41, 5.74) is 7.20. The first-order valence-corrected chi connectivity index (χ1v) is 9.35. The second-order valence-corrected chi connectivity index (χ2v) is 6.76. The lowest BCUT2D eigenvalue weighted by molar-refractivity contribution is 0.0713. The fourth-order valence-corrected chi connectivity index (χ4v) is 3.48. The molecular weight excluding hydrogens is 338 g/mol. The monoisotopic (exact) mass is 363 g/mol. The summed E-state index contributed by atoms with van der Waals surface area (Å²) in [6, 6.07) is 16.1. The summed E-state index contributed by atoms with van der Waals surface area (Å²) in [5, 5.41) is 6.72. The molecule has 4 rings (SSSR count). The normalized spacial score (nSPS) is 24.6. The van der Waals surface area contributed by atoms with Crippen LogP contribution in [0.25, 0.3) is 0 Å². The first-order valence-electron chi connectivity index (χ1n) is 9.35. The molecule has 1 fully saturated rings. The number of rotatable bonds is 5. The molecule has 1 aromatic heterocycles. The van der Waals surface area contributed by atoms with Gasteiger partial charge < -0.3 is 20.7 Å². The lowest BCUT2D eigenvalue weighted by Gasteiger charge is -2.40. The van der Waals surface area contributed by atoms with Gasteiger partial charge in [0, 0.05) is 37.0 Å². The Morgan fingerprint density at radius 1 is 1.11 bits per heavy atom. The number of ether oxygens (including phenoxy) is 1. The SMILES string of the molecule is NC1C=CC=CN1C1CCNC(Oc2cccc(Nc3ccccc3)n2)C1. The number of nitrogens with zero attached hydrogens (tertiary/aromatic N) is 2. The second-order valence-electron chi connectivity index (χ2n) is 6.76. The van der Waals surface area contributed by atoms with Crippen molar-refractivity contribution in [2.75, 3.05) is 11.9 Å². The van der Waals surface area contributed by atoms with Crippen molar-refractivity contribution in [3.05, 3.63) is 73.0 Å². The first-order chi connectivity index (χ1) is 13.3. The molecule has 140 valence electrons. The maximum absolute atomic E-state index is 6.21. The van der Waals surface area contributed by atoms with Crippen molar-refractivity contribution in [3.63, 3.8) is 0 Å². The highest BCUT2D eigenvalue weighted by Gasteiger charge is 2.28. The largest absolute Gasteiger partial charge is 0.458 e. The number of anilines is 2. The molecule has 0 aliphatic carbocycles. The summed E-state index contributed by atoms with van der Waals surface area (Å²) >= 11 is 0. The Bertz CT molecular complexity index is 807. The molecule has 0 spiro atoms. The number of benzene rings is 1. The summed E-state index contributed by atoms with van der Waals surface area (Å²) in [5.74, 6) is 1.37. The Balaban J connectivity index is 1.39. The number of pyridine rings is 1. The molecule has 0 bridgehead atoms. The van der Waals surface area contributed by atoms with Crippen molar-refractivity contribution in [1.29, 1.82) is 0 Å². The first kappa shape index (κ1) is 17.6. The van der Waals surface area contributed by atoms with Gasteiger partial charge in [-0.1, -0.05) is 30.3 Å². The highest BCUT2D eigenvalue weighted by Crippen LogP contribution is 2.23. The van der Waals surface area contributed by atoms with E-state index in [0.717, 1.165) is 30.9 Å². The van der Waals surface area contributed by atoms with E-state index in [4.69, 9.17) is 10.5 Å². The predicted molar refractivity (Wildman–Crippen MR) is 107 cm³/mol. The van der Waals surface area contributed by atoms with Gasteiger partial charge in [-0.3, -0.25) is 5.32 Å². The average Bonchev–Trinajstić information content (AvgIpc) is 2.70. The molecule has 27 heavy (non-hydrogen) atoms. The van der Waals surface area contributed by atoms with Crippen LogP contribution in [0.4, 0.5) is 11.5 Å². The Morgan fingerprint density at radius 3 is 2.85 bits per heavy atom. The molecule has 4 N–H and O–H groups in total. The van der Waals surface area contributed by atoms with Crippen molar-refractivity contribution in [1.82, 2.24) is 15.2 Å². The van der Waals surface area contributed by atoms with Crippen LogP contribution in [0.3, 0.4) is 0 Å². The molecule has 3 atom stereocenters. The summed E-state index contributed by atoms with van der Waals surface area (Å²) in [4.78, 5) is 6.78. The van der Waals surface area contributed by atoms with Gasteiger partial charge in [0.2, 0.25) is 5.88 Å². The van der Waals surface area contributed by atoms with Crippen LogP contribution in [0, 0.1) is 0 Å². The van der Waals surface area contributed by atoms with Gasteiger partial charge in [0.15, 0.2) is 6.23 Å². The third kappa shape index (κ3) is 4.48. The Hall–Kier alpha value is -2.83. The summed E-state index contributed by atoms with van der Waals surface area (Å²) in [6.07, 6.45) is 9.83. The van der Waals surface area contributed by atoms with Crippen molar-refractivity contribution in [2.45, 2.75) is 31.3 Å². The van der Waals surface area contributed by atoms with Crippen LogP contribution < -0.4 is 21.1 Å². The van der Waals surface area contributed by atoms with E-state index in [1.807, 2.05) is 66.8 Å². The highest BCUT2D eigenvalue weighted by atomic mass is 16.5. The summed E-state index contributed by atoms with van der Waals surface area (Å²) < 4.78 is 6.12. The lowest BCUT2D eigenvalue weighted by Crippen LogP contribution is -2.53. The van der Waals surface area contributed by atoms with Crippen LogP contribution in [0.2, 0.25) is 0 Å². The molecule has 0 saturated carbocycles. The maximum atomic E-state index is 6.21. The zero-order valence-corrected chi connectivity index (χ0v) is 15.2. The number of allylic oxidation sites excluding steroid dienone is 2. The van der Waals surface area contributed by atoms with Crippen LogP contribution in [0.5, 0.6) is 5.88 Å². The number of hydrogen-bond acceptors (Lipinski definition) is 6. The van der Waals surface area contributed by atoms with Gasteiger partial charge in [0.25, 0.3) is 0 Å². The van der Waals surface area contributed by atoms with E-state index in [9.17, 15) is 0 Å². The smallest absolute Gasteiger partial charge is 0.216 e. The fourth-order valence-electron chi connectivity index (χ4n) is 3.48. The molecular formula is C21H25N5O. The number of hydrogen-bond donors (Lipinski definition) is 3. The minimum atomic E-state index is -0.0882. The molecule has 6 heteroatoms. The van der Waals surface area contributed by atoms with Crippen molar-refractivity contribution in [3.8, 4) is 5.88 Å². The Kier molecular flexibility index (Phi) is 5.37. The molecule has 6 nitrogen and oxygen atoms in total. The van der Waals surface area contributed by atoms with Crippen LogP contribution in [-0.4, -0.2) is 34.9 Å². The number of para-hydroxylation sites is 1. The quantitative estimate of drug-likeness (QED) is 0.758. The number of nitrogens with one attached hydrogen (secondary N) is 2. The molecule has 1 saturated heterocycles. The summed E-state index contributed by atoms with van der Waals surface area (Å²) in [6.45, 7) is 0.887. The van der Waals surface area contributed by atoms with E-state index < -0.39 is 0 Å². The Labute approximate surface area is 159 Å². The van der Waals surface area contributed by atoms with Crippen LogP contribution in [0.15, 0.2) is 73.0 Å². The molecule has 3 unspecified atom stereocenters. The number of piperidine rings is 1. The molecule has 0 amide bonds. The van der Waals surface area contributed by atoms with Crippen molar-refractivity contribution >= 4 is 11.5 Å². The average molecular weight is 363 g/mol. The fraction of sp³-hybridized carbons (Fsp3) is 0.286. The predicted octanol–water partition coefficient (Wildman–Crippen LogP) is 2.95. The standard InChI is InChI=1S/C21H25N5O/c22-18-9-4-5-14-26(18)17-12-13-23-21(15-17)27-20-11-6-10-19(25-20)24-16-7-2-1-3-8-16/h1-11,14,17-18,21,23H,12-13,15,22H2,(H,24,25). The topological polar surface area (TPSA) is 75.4 Å². The minimum Gasteiger partial charge on any atom is -0.458 e. The number of aromatic nitrogens is 1. The van der Waals surface area contributed by atoms with Gasteiger partial charge in [-0.2, -0.15) is 4.98 Å². The molecule has 2 aromatic rings. The van der Waals surface area contributed by atoms with Crippen molar-refractivity contribution in [2.24, 2.45) is 5.73 Å². The van der Waals surface area contributed by atoms with E-state index in [2.05, 4.69) is 26.7 Å². The minimum absolute atomic E-state index is 0.0738. The molecule has 2 aliphatic rings. The van der Waals surface area contributed by atoms with Crippen molar-refractivity contribution < 1.29 is 4.74 Å². The van der Waals surface area contributed by atoms with E-state index in [0.29, 0.717) is 11.9 Å². The van der Waals surface area contributed by atoms with Gasteiger partial charge in [0.1, 0.15) is 5.82 Å². The van der Waals surface area contributed by atoms with Gasteiger partial charge in [-0.25, -0.2) is 0 Å². The third-order valence-electron chi connectivity index (χ3n) is 4.81. The maximum Gasteiger partial charge on any atom is 0.216 e. The zero-order chi connectivity index (χ0) is 18.5. The molecule has 1 aromatic carbocycles. The van der Waals surface area contributed by atoms with E-state index >= 15 is 0 Å². The van der Waals surface area contributed by atoms with E-state index in [-0.39, 0.29) is 12.4 Å². The van der Waals surface area contributed by atoms with Gasteiger partial charge in [-0.15, -0.1) is 0 Å². The lowest BCUT2D eigenvalue weighted by atomic mass is 10.0. The van der Waals surface area contributed by atoms with Gasteiger partial charge in [0.05, 0.1) is 6.17 Å². The van der Waals surface area contributed by atoms with E-state index in [1.165, 1.54) is 0 Å². The number of nitrogens with two attached hydrogens (primary N) is 1. The van der Waals surface area contributed by atoms with Crippen LogP contribution >= 0.6 is 0 Å². The van der Waals surface area contributed by atoms with Gasteiger partial charge >= 0.3 is 0 Å². The van der Waals surface area contributed by atoms with Crippen LogP contribution in [0.1, 0.15) is 12.8 Å². The molecule has 3 heterocycles. The second kappa shape index (κ2) is 8.24. The molecule has 2 aliphatic heterocycles. The third-order valence-corrected chi connectivity index (χ3v) is 4.81. The highest BCUT2D eigenvalue weighted by molar-refractivity contribution is 5.56. The summed E-state index contributed by atoms with van der Waals surface area (Å²) in [7, 11) is 0. The molecule has 0 radical (unpaired) electrons.